The second-order valence-electron chi connectivity index (χ2n) is 7.92. The molecule has 33 heavy (non-hydrogen) atoms. The average molecular weight is 495 g/mol. The van der Waals surface area contributed by atoms with Crippen LogP contribution in [0.5, 0.6) is 0 Å². The Morgan fingerprint density at radius 3 is 1.36 bits per heavy atom. The molecule has 3 aromatic rings. The van der Waals surface area contributed by atoms with Gasteiger partial charge in [-0.1, -0.05) is 27.7 Å². The van der Waals surface area contributed by atoms with E-state index in [1.54, 1.807) is 0 Å². The molecule has 0 fully saturated rings. The Balaban J connectivity index is 0.00000272. The molecule has 0 saturated carbocycles. The van der Waals surface area contributed by atoms with Crippen LogP contribution in [0.1, 0.15) is 61.3 Å². The average Bonchev–Trinajstić information content (AvgIpc) is 3.17. The fourth-order valence-electron chi connectivity index (χ4n) is 4.01. The molecule has 2 aromatic carbocycles. The number of Topliss-reactive ketones (excluding diaryl/α,β-unsaturated/α-hetero) is 2. The minimum atomic E-state index is 0. The fraction of sp³-hybridized carbons (Fsp3) is 0.462. The van der Waals surface area contributed by atoms with Crippen LogP contribution < -0.4 is 0 Å². The van der Waals surface area contributed by atoms with Crippen LogP contribution in [0.3, 0.4) is 0 Å². The van der Waals surface area contributed by atoms with Crippen molar-refractivity contribution in [3.8, 4) is 0 Å². The lowest BCUT2D eigenvalue weighted by Crippen LogP contribution is -2.25. The summed E-state index contributed by atoms with van der Waals surface area (Å²) in [6.45, 7) is 13.7. The highest BCUT2D eigenvalue weighted by molar-refractivity contribution is 6.10. The van der Waals surface area contributed by atoms with E-state index in [1.807, 2.05) is 36.4 Å². The minimum Gasteiger partial charge on any atom is -0.456 e. The Kier molecular flexibility index (Phi) is 12.1. The summed E-state index contributed by atoms with van der Waals surface area (Å²) >= 11 is 0. The molecule has 0 atom stereocenters. The Hall–Kier alpha value is -1.92. The molecule has 0 radical (unpaired) electrons. The number of carbonyl (C=O) groups excluding carboxylic acids is 2. The van der Waals surface area contributed by atoms with Gasteiger partial charge in [-0.25, -0.2) is 0 Å². The third kappa shape index (κ3) is 7.03. The zero-order chi connectivity index (χ0) is 22.4. The number of nitrogens with zero attached hydrogens (tertiary/aromatic N) is 2. The van der Waals surface area contributed by atoms with Crippen LogP contribution in [-0.4, -0.2) is 60.6 Å². The Morgan fingerprint density at radius 1 is 0.667 bits per heavy atom. The first-order valence-corrected chi connectivity index (χ1v) is 11.5. The third-order valence-electron chi connectivity index (χ3n) is 6.21. The highest BCUT2D eigenvalue weighted by Crippen LogP contribution is 2.31. The number of carbonyl (C=O) groups is 2. The maximum absolute atomic E-state index is 12.7. The molecule has 1 heterocycles. The van der Waals surface area contributed by atoms with Gasteiger partial charge < -0.3 is 14.2 Å². The molecule has 0 unspecified atom stereocenters. The molecular weight excluding hydrogens is 459 g/mol. The van der Waals surface area contributed by atoms with E-state index in [9.17, 15) is 9.59 Å². The number of halogens is 2. The van der Waals surface area contributed by atoms with Gasteiger partial charge >= 0.3 is 0 Å². The molecule has 7 heteroatoms. The van der Waals surface area contributed by atoms with Gasteiger partial charge in [0.25, 0.3) is 0 Å². The van der Waals surface area contributed by atoms with Crippen molar-refractivity contribution < 1.29 is 14.0 Å². The second-order valence-corrected chi connectivity index (χ2v) is 7.92. The molecule has 0 aliphatic heterocycles. The number of rotatable bonds is 12. The van der Waals surface area contributed by atoms with Crippen LogP contribution in [0, 0.1) is 0 Å². The van der Waals surface area contributed by atoms with Crippen LogP contribution in [0.15, 0.2) is 40.8 Å². The first kappa shape index (κ1) is 29.1. The van der Waals surface area contributed by atoms with Crippen molar-refractivity contribution in [1.29, 1.82) is 0 Å². The molecule has 5 nitrogen and oxygen atoms in total. The normalized spacial score (nSPS) is 11.1. The lowest BCUT2D eigenvalue weighted by Gasteiger charge is -2.17. The first-order valence-electron chi connectivity index (χ1n) is 11.5. The van der Waals surface area contributed by atoms with Gasteiger partial charge in [-0.3, -0.25) is 9.59 Å². The van der Waals surface area contributed by atoms with Crippen LogP contribution >= 0.6 is 24.8 Å². The molecule has 0 amide bonds. The Labute approximate surface area is 209 Å². The standard InChI is InChI=1S/C26H34N2O3.2ClH/c1-5-27(6-2)15-13-23(29)19-9-11-25-21(17-19)22-18-20(10-12-26(22)31-25)24(30)14-16-28(7-3)8-4;;/h9-12,17-18H,5-8,13-16H2,1-4H3;2*1H. The van der Waals surface area contributed by atoms with Crippen molar-refractivity contribution in [1.82, 2.24) is 9.80 Å². The van der Waals surface area contributed by atoms with Crippen LogP contribution in [-0.2, 0) is 0 Å². The SMILES string of the molecule is CCN(CC)CCC(=O)c1ccc2oc3ccc(C(=O)CCN(CC)CC)cc3c2c1.Cl.Cl. The van der Waals surface area contributed by atoms with Crippen molar-refractivity contribution >= 4 is 58.3 Å². The van der Waals surface area contributed by atoms with E-state index in [2.05, 4.69) is 37.5 Å². The number of ketones is 2. The largest absolute Gasteiger partial charge is 0.456 e. The van der Waals surface area contributed by atoms with E-state index in [-0.39, 0.29) is 36.4 Å². The molecular formula is C26H36Cl2N2O3. The van der Waals surface area contributed by atoms with Crippen molar-refractivity contribution in [2.24, 2.45) is 0 Å². The van der Waals surface area contributed by atoms with Gasteiger partial charge in [0.2, 0.25) is 0 Å². The van der Waals surface area contributed by atoms with Crippen molar-refractivity contribution in [2.75, 3.05) is 39.3 Å². The Bertz CT molecular complexity index is 974. The number of hydrogen-bond donors (Lipinski definition) is 0. The maximum atomic E-state index is 12.7. The van der Waals surface area contributed by atoms with Gasteiger partial charge in [0, 0.05) is 47.8 Å². The number of fused-ring (bicyclic) bond motifs is 3. The topological polar surface area (TPSA) is 53.8 Å². The number of hydrogen-bond acceptors (Lipinski definition) is 5. The summed E-state index contributed by atoms with van der Waals surface area (Å²) in [6.07, 6.45) is 0.996. The molecule has 3 rings (SSSR count). The van der Waals surface area contributed by atoms with Crippen LogP contribution in [0.4, 0.5) is 0 Å². The van der Waals surface area contributed by atoms with E-state index in [0.717, 1.165) is 61.2 Å². The van der Waals surface area contributed by atoms with E-state index < -0.39 is 0 Å². The molecule has 182 valence electrons. The van der Waals surface area contributed by atoms with E-state index >= 15 is 0 Å². The highest BCUT2D eigenvalue weighted by atomic mass is 35.5. The summed E-state index contributed by atoms with van der Waals surface area (Å²) in [5.74, 6) is 0.268. The molecule has 0 N–H and O–H groups in total. The maximum Gasteiger partial charge on any atom is 0.164 e. The summed E-state index contributed by atoms with van der Waals surface area (Å²) < 4.78 is 5.95. The summed E-state index contributed by atoms with van der Waals surface area (Å²) in [4.78, 5) is 30.0. The van der Waals surface area contributed by atoms with Crippen LogP contribution in [0.2, 0.25) is 0 Å². The van der Waals surface area contributed by atoms with Gasteiger partial charge in [0.1, 0.15) is 11.2 Å². The van der Waals surface area contributed by atoms with E-state index in [1.165, 1.54) is 0 Å². The van der Waals surface area contributed by atoms with Gasteiger partial charge in [-0.15, -0.1) is 24.8 Å². The quantitative estimate of drug-likeness (QED) is 0.278. The van der Waals surface area contributed by atoms with Crippen molar-refractivity contribution in [3.63, 3.8) is 0 Å². The first-order chi connectivity index (χ1) is 15.0. The van der Waals surface area contributed by atoms with Crippen molar-refractivity contribution in [2.45, 2.75) is 40.5 Å². The molecule has 0 spiro atoms. The molecule has 0 saturated heterocycles. The summed E-state index contributed by atoms with van der Waals surface area (Å²) in [5, 5.41) is 1.78. The zero-order valence-electron chi connectivity index (χ0n) is 20.1. The lowest BCUT2D eigenvalue weighted by molar-refractivity contribution is 0.0958. The van der Waals surface area contributed by atoms with Gasteiger partial charge in [0.15, 0.2) is 11.6 Å². The monoisotopic (exact) mass is 494 g/mol. The van der Waals surface area contributed by atoms with Gasteiger partial charge in [-0.2, -0.15) is 0 Å². The zero-order valence-corrected chi connectivity index (χ0v) is 21.7. The number of benzene rings is 2. The molecule has 0 aliphatic carbocycles. The number of furan rings is 1. The van der Waals surface area contributed by atoms with Crippen LogP contribution in [0.25, 0.3) is 21.9 Å². The second kappa shape index (κ2) is 13.7. The predicted octanol–water partition coefficient (Wildman–Crippen LogP) is 6.26. The predicted molar refractivity (Wildman–Crippen MR) is 142 cm³/mol. The Morgan fingerprint density at radius 2 is 1.03 bits per heavy atom. The fourth-order valence-corrected chi connectivity index (χ4v) is 4.01. The van der Waals surface area contributed by atoms with Gasteiger partial charge in [-0.05, 0) is 62.6 Å². The smallest absolute Gasteiger partial charge is 0.164 e. The van der Waals surface area contributed by atoms with E-state index in [4.69, 9.17) is 4.42 Å². The van der Waals surface area contributed by atoms with Gasteiger partial charge in [0.05, 0.1) is 0 Å². The highest BCUT2D eigenvalue weighted by Gasteiger charge is 2.15. The van der Waals surface area contributed by atoms with Crippen molar-refractivity contribution in [3.05, 3.63) is 47.5 Å². The lowest BCUT2D eigenvalue weighted by atomic mass is 10.0. The summed E-state index contributed by atoms with van der Waals surface area (Å²) in [6, 6.07) is 11.2. The summed E-state index contributed by atoms with van der Waals surface area (Å²) in [5.41, 5.74) is 2.87. The molecule has 0 bridgehead atoms. The minimum absolute atomic E-state index is 0. The molecule has 0 aliphatic rings. The third-order valence-corrected chi connectivity index (χ3v) is 6.21. The summed E-state index contributed by atoms with van der Waals surface area (Å²) in [7, 11) is 0. The van der Waals surface area contributed by atoms with E-state index in [0.29, 0.717) is 24.0 Å². The molecule has 1 aromatic heterocycles.